The van der Waals surface area contributed by atoms with Crippen LogP contribution in [0.25, 0.3) is 0 Å². The number of unbranched alkanes of at least 4 members (excludes halogenated alkanes) is 2. The second-order valence-electron chi connectivity index (χ2n) is 13.3. The van der Waals surface area contributed by atoms with E-state index in [1.807, 2.05) is 4.90 Å². The summed E-state index contributed by atoms with van der Waals surface area (Å²) in [5, 5.41) is 12.3. The molecule has 0 aliphatic heterocycles. The standard InChI is InChI=1S/C35H57N5O8S.ClH/c1-23-18-26(41)19-24(2)27(23)21-29(37)33(44)38-22-31(42)40(34(45)28(36)15-17-49(5)47)35(46)30(20-25-12-8-6-9-13-25)39(3)16-11-7-10-14-32(43)48-4;/h18-19,25,28-30,41H,6-17,20-22,36-37H2,1-5H3,(H,38,44);1H/t28?,29-,30+,49?;/m1./s1. The molecule has 6 N–H and O–H groups in total. The summed E-state index contributed by atoms with van der Waals surface area (Å²) in [6, 6.07) is 0.0513. The van der Waals surface area contributed by atoms with Crippen LogP contribution in [0.4, 0.5) is 0 Å². The van der Waals surface area contributed by atoms with Crippen LogP contribution < -0.4 is 16.8 Å². The first-order valence-electron chi connectivity index (χ1n) is 17.2. The number of hydrogen-bond acceptors (Lipinski definition) is 11. The fraction of sp³-hybridized carbons (Fsp3) is 0.686. The lowest BCUT2D eigenvalue weighted by molar-refractivity contribution is -0.157. The normalized spacial score (nSPS) is 15.7. The van der Waals surface area contributed by atoms with Crippen molar-refractivity contribution in [2.24, 2.45) is 17.4 Å². The van der Waals surface area contributed by atoms with E-state index in [9.17, 15) is 33.3 Å². The summed E-state index contributed by atoms with van der Waals surface area (Å²) in [7, 11) is 1.88. The number of carbonyl (C=O) groups excluding carboxylic acids is 5. The minimum absolute atomic E-state index is 0. The maximum Gasteiger partial charge on any atom is 0.305 e. The lowest BCUT2D eigenvalue weighted by atomic mass is 9.84. The van der Waals surface area contributed by atoms with Crippen LogP contribution in [-0.4, -0.2) is 106 Å². The number of halogens is 1. The van der Waals surface area contributed by atoms with E-state index in [0.29, 0.717) is 37.1 Å². The number of ether oxygens (including phenoxy) is 1. The van der Waals surface area contributed by atoms with Gasteiger partial charge in [0.05, 0.1) is 31.8 Å². The molecule has 1 aliphatic rings. The summed E-state index contributed by atoms with van der Waals surface area (Å²) in [5.41, 5.74) is 14.7. The van der Waals surface area contributed by atoms with Gasteiger partial charge < -0.3 is 26.6 Å². The molecule has 0 radical (unpaired) electrons. The van der Waals surface area contributed by atoms with E-state index < -0.39 is 59.1 Å². The van der Waals surface area contributed by atoms with Gasteiger partial charge >= 0.3 is 5.97 Å². The van der Waals surface area contributed by atoms with E-state index >= 15 is 0 Å². The zero-order valence-electron chi connectivity index (χ0n) is 30.2. The number of hydrogen-bond donors (Lipinski definition) is 4. The zero-order chi connectivity index (χ0) is 36.7. The highest BCUT2D eigenvalue weighted by Gasteiger charge is 2.39. The Morgan fingerprint density at radius 1 is 1.00 bits per heavy atom. The molecule has 15 heteroatoms. The van der Waals surface area contributed by atoms with E-state index in [4.69, 9.17) is 16.2 Å². The fourth-order valence-electron chi connectivity index (χ4n) is 6.34. The van der Waals surface area contributed by atoms with Crippen LogP contribution >= 0.6 is 12.4 Å². The van der Waals surface area contributed by atoms with Crippen molar-refractivity contribution < 1.29 is 38.0 Å². The van der Waals surface area contributed by atoms with Crippen LogP contribution in [0.2, 0.25) is 0 Å². The number of likely N-dealkylation sites (N-methyl/N-ethyl adjacent to an activating group) is 1. The quantitative estimate of drug-likeness (QED) is 0.120. The summed E-state index contributed by atoms with van der Waals surface area (Å²) in [4.78, 5) is 68.7. The second kappa shape index (κ2) is 22.8. The number of phenolic OH excluding ortho intramolecular Hbond substituents is 1. The first kappa shape index (κ1) is 45.1. The predicted octanol–water partition coefficient (Wildman–Crippen LogP) is 2.40. The van der Waals surface area contributed by atoms with Gasteiger partial charge in [-0.3, -0.25) is 33.1 Å². The minimum Gasteiger partial charge on any atom is -0.508 e. The molecule has 4 atom stereocenters. The highest BCUT2D eigenvalue weighted by atomic mass is 35.5. The van der Waals surface area contributed by atoms with Crippen LogP contribution in [0.3, 0.4) is 0 Å². The first-order chi connectivity index (χ1) is 23.2. The fourth-order valence-corrected chi connectivity index (χ4v) is 6.92. The molecule has 50 heavy (non-hydrogen) atoms. The number of aromatic hydroxyl groups is 1. The SMILES string of the molecule is COC(=O)CCCCCN(C)[C@@H](CC1CCCCC1)C(=O)N(C(=O)CNC(=O)[C@H](N)Cc1c(C)cc(O)cc1C)C(=O)C(N)CCS(C)=O.Cl. The summed E-state index contributed by atoms with van der Waals surface area (Å²) >= 11 is 0. The van der Waals surface area contributed by atoms with Crippen molar-refractivity contribution in [1.29, 1.82) is 0 Å². The van der Waals surface area contributed by atoms with Crippen LogP contribution in [0, 0.1) is 19.8 Å². The number of aryl methyl sites for hydroxylation is 2. The number of esters is 1. The summed E-state index contributed by atoms with van der Waals surface area (Å²) in [6.45, 7) is 3.43. The lowest BCUT2D eigenvalue weighted by Gasteiger charge is -2.35. The molecule has 4 amide bonds. The monoisotopic (exact) mass is 743 g/mol. The van der Waals surface area contributed by atoms with Gasteiger partial charge in [0.2, 0.25) is 5.91 Å². The molecule has 1 saturated carbocycles. The Balaban J connectivity index is 0.0000125. The van der Waals surface area contributed by atoms with Gasteiger partial charge in [-0.25, -0.2) is 4.90 Å². The molecule has 1 fully saturated rings. The molecule has 1 aromatic carbocycles. The van der Waals surface area contributed by atoms with Crippen molar-refractivity contribution in [1.82, 2.24) is 15.1 Å². The molecule has 2 unspecified atom stereocenters. The highest BCUT2D eigenvalue weighted by Crippen LogP contribution is 2.29. The Morgan fingerprint density at radius 2 is 1.62 bits per heavy atom. The second-order valence-corrected chi connectivity index (χ2v) is 14.8. The Labute approximate surface area is 305 Å². The Morgan fingerprint density at radius 3 is 2.20 bits per heavy atom. The number of phenols is 1. The number of nitrogens with zero attached hydrogens (tertiary/aromatic N) is 2. The molecule has 2 rings (SSSR count). The van der Waals surface area contributed by atoms with Gasteiger partial charge in [0.25, 0.3) is 17.7 Å². The minimum atomic E-state index is -1.26. The lowest BCUT2D eigenvalue weighted by Crippen LogP contribution is -2.58. The Bertz CT molecular complexity index is 1300. The molecular formula is C35H58ClN5O8S. The molecule has 1 aromatic rings. The third-order valence-corrected chi connectivity index (χ3v) is 10.1. The number of carbonyl (C=O) groups is 5. The average molecular weight is 744 g/mol. The van der Waals surface area contributed by atoms with Crippen LogP contribution in [0.15, 0.2) is 12.1 Å². The number of amides is 4. The zero-order valence-corrected chi connectivity index (χ0v) is 31.9. The largest absolute Gasteiger partial charge is 0.508 e. The molecule has 13 nitrogen and oxygen atoms in total. The topological polar surface area (TPSA) is 202 Å². The first-order valence-corrected chi connectivity index (χ1v) is 18.9. The maximum atomic E-state index is 14.3. The van der Waals surface area contributed by atoms with Crippen LogP contribution in [0.1, 0.15) is 87.3 Å². The maximum absolute atomic E-state index is 14.3. The number of benzene rings is 1. The molecule has 1 aliphatic carbocycles. The molecule has 0 heterocycles. The van der Waals surface area contributed by atoms with Gasteiger partial charge in [-0.15, -0.1) is 12.4 Å². The van der Waals surface area contributed by atoms with E-state index in [1.165, 1.54) is 13.4 Å². The molecule has 284 valence electrons. The van der Waals surface area contributed by atoms with Gasteiger partial charge in [0.15, 0.2) is 0 Å². The third kappa shape index (κ3) is 14.7. The predicted molar refractivity (Wildman–Crippen MR) is 196 cm³/mol. The van der Waals surface area contributed by atoms with Crippen molar-refractivity contribution in [2.45, 2.75) is 109 Å². The Kier molecular flexibility index (Phi) is 20.6. The van der Waals surface area contributed by atoms with E-state index in [-0.39, 0.29) is 48.6 Å². The molecule has 0 saturated heterocycles. The van der Waals surface area contributed by atoms with Gasteiger partial charge in [0.1, 0.15) is 5.75 Å². The van der Waals surface area contributed by atoms with Crippen molar-refractivity contribution in [3.05, 3.63) is 28.8 Å². The molecule has 0 bridgehead atoms. The summed E-state index contributed by atoms with van der Waals surface area (Å²) in [5.74, 6) is -3.03. The summed E-state index contributed by atoms with van der Waals surface area (Å²) in [6.07, 6.45) is 9.49. The van der Waals surface area contributed by atoms with Gasteiger partial charge in [-0.1, -0.05) is 38.5 Å². The van der Waals surface area contributed by atoms with Crippen molar-refractivity contribution in [3.8, 4) is 5.75 Å². The van der Waals surface area contributed by atoms with Crippen molar-refractivity contribution in [3.63, 3.8) is 0 Å². The van der Waals surface area contributed by atoms with Gasteiger partial charge in [-0.2, -0.15) is 0 Å². The number of imide groups is 3. The number of nitrogens with two attached hydrogens (primary N) is 2. The molecular weight excluding hydrogens is 686 g/mol. The van der Waals surface area contributed by atoms with Crippen molar-refractivity contribution >= 4 is 52.8 Å². The van der Waals surface area contributed by atoms with E-state index in [2.05, 4.69) is 5.32 Å². The van der Waals surface area contributed by atoms with Crippen LogP contribution in [-0.2, 0) is 45.9 Å². The van der Waals surface area contributed by atoms with E-state index in [0.717, 1.165) is 55.2 Å². The highest BCUT2D eigenvalue weighted by molar-refractivity contribution is 7.84. The van der Waals surface area contributed by atoms with Gasteiger partial charge in [-0.05, 0) is 94.3 Å². The number of nitrogens with one attached hydrogen (secondary N) is 1. The average Bonchev–Trinajstić information content (AvgIpc) is 3.06. The number of methoxy groups -OCH3 is 1. The Hall–Kier alpha value is -2.91. The molecule has 0 spiro atoms. The van der Waals surface area contributed by atoms with Crippen molar-refractivity contribution in [2.75, 3.05) is 39.3 Å². The van der Waals surface area contributed by atoms with E-state index in [1.54, 1.807) is 33.0 Å². The smallest absolute Gasteiger partial charge is 0.305 e. The number of rotatable bonds is 19. The van der Waals surface area contributed by atoms with Gasteiger partial charge in [0, 0.05) is 29.2 Å². The summed E-state index contributed by atoms with van der Waals surface area (Å²) < 4.78 is 16.5. The van der Waals surface area contributed by atoms with Crippen LogP contribution in [0.5, 0.6) is 5.75 Å². The third-order valence-electron chi connectivity index (χ3n) is 9.30. The molecule has 0 aromatic heterocycles.